The Bertz CT molecular complexity index is 944. The zero-order chi connectivity index (χ0) is 17.1. The minimum absolute atomic E-state index is 0.229. The Kier molecular flexibility index (Phi) is 4.52. The topological polar surface area (TPSA) is 70.1 Å². The van der Waals surface area contributed by atoms with E-state index in [0.29, 0.717) is 11.6 Å². The fourth-order valence-electron chi connectivity index (χ4n) is 2.13. The first-order valence-electron chi connectivity index (χ1n) is 7.26. The minimum atomic E-state index is -0.253. The lowest BCUT2D eigenvalue weighted by Gasteiger charge is -2.02. The standard InChI is InChI=1S/C17H15FN4OS/c1-10-9-16(23)20-17(19-10)22-21-11(2)14-7-8-15(24-14)12-3-5-13(18)6-4-12/h3-9H,1-2H3,(H2,19,20,22,23)/b21-11+. The third-order valence-electron chi connectivity index (χ3n) is 3.29. The van der Waals surface area contributed by atoms with Crippen LogP contribution >= 0.6 is 11.3 Å². The van der Waals surface area contributed by atoms with Crippen molar-refractivity contribution in [3.05, 3.63) is 69.2 Å². The van der Waals surface area contributed by atoms with Crippen molar-refractivity contribution in [2.45, 2.75) is 13.8 Å². The highest BCUT2D eigenvalue weighted by Crippen LogP contribution is 2.28. The summed E-state index contributed by atoms with van der Waals surface area (Å²) in [5.41, 5.74) is 4.86. The Morgan fingerprint density at radius 2 is 2.00 bits per heavy atom. The molecule has 7 heteroatoms. The number of rotatable bonds is 4. The first-order valence-corrected chi connectivity index (χ1v) is 8.07. The number of nitrogens with one attached hydrogen (secondary N) is 2. The Balaban J connectivity index is 1.78. The highest BCUT2D eigenvalue weighted by Gasteiger charge is 2.06. The fraction of sp³-hybridized carbons (Fsp3) is 0.118. The van der Waals surface area contributed by atoms with Gasteiger partial charge in [0.2, 0.25) is 5.95 Å². The molecule has 0 saturated carbocycles. The van der Waals surface area contributed by atoms with Gasteiger partial charge in [-0.25, -0.2) is 14.8 Å². The lowest BCUT2D eigenvalue weighted by Crippen LogP contribution is -2.11. The molecule has 0 unspecified atom stereocenters. The Morgan fingerprint density at radius 1 is 1.25 bits per heavy atom. The number of halogens is 1. The molecular formula is C17H15FN4OS. The van der Waals surface area contributed by atoms with Crippen LogP contribution in [-0.2, 0) is 0 Å². The molecule has 0 spiro atoms. The zero-order valence-corrected chi connectivity index (χ0v) is 13.9. The second kappa shape index (κ2) is 6.76. The van der Waals surface area contributed by atoms with Gasteiger partial charge in [-0.15, -0.1) is 11.3 Å². The van der Waals surface area contributed by atoms with Gasteiger partial charge in [0.1, 0.15) is 5.82 Å². The molecule has 2 heterocycles. The molecule has 3 rings (SSSR count). The van der Waals surface area contributed by atoms with E-state index in [-0.39, 0.29) is 11.4 Å². The van der Waals surface area contributed by atoms with Crippen LogP contribution in [0.1, 0.15) is 17.5 Å². The molecule has 24 heavy (non-hydrogen) atoms. The predicted octanol–water partition coefficient (Wildman–Crippen LogP) is 3.78. The summed E-state index contributed by atoms with van der Waals surface area (Å²) >= 11 is 1.56. The van der Waals surface area contributed by atoms with Gasteiger partial charge in [0.05, 0.1) is 10.6 Å². The van der Waals surface area contributed by atoms with E-state index in [0.717, 1.165) is 21.0 Å². The molecule has 0 atom stereocenters. The van der Waals surface area contributed by atoms with E-state index in [1.165, 1.54) is 18.2 Å². The summed E-state index contributed by atoms with van der Waals surface area (Å²) in [5, 5.41) is 4.25. The molecular weight excluding hydrogens is 327 g/mol. The predicted molar refractivity (Wildman–Crippen MR) is 95.1 cm³/mol. The van der Waals surface area contributed by atoms with Crippen molar-refractivity contribution in [3.63, 3.8) is 0 Å². The van der Waals surface area contributed by atoms with Gasteiger partial charge in [0, 0.05) is 16.6 Å². The highest BCUT2D eigenvalue weighted by atomic mass is 32.1. The average molecular weight is 342 g/mol. The molecule has 0 aliphatic heterocycles. The van der Waals surface area contributed by atoms with Crippen molar-refractivity contribution < 1.29 is 4.39 Å². The first kappa shape index (κ1) is 16.1. The van der Waals surface area contributed by atoms with Gasteiger partial charge in [-0.1, -0.05) is 12.1 Å². The lowest BCUT2D eigenvalue weighted by atomic mass is 10.2. The molecule has 0 aliphatic rings. The number of aromatic nitrogens is 2. The maximum absolute atomic E-state index is 13.0. The van der Waals surface area contributed by atoms with Crippen molar-refractivity contribution in [3.8, 4) is 10.4 Å². The highest BCUT2D eigenvalue weighted by molar-refractivity contribution is 7.17. The summed E-state index contributed by atoms with van der Waals surface area (Å²) in [7, 11) is 0. The van der Waals surface area contributed by atoms with Crippen LogP contribution in [0.5, 0.6) is 0 Å². The van der Waals surface area contributed by atoms with Gasteiger partial charge >= 0.3 is 0 Å². The number of aromatic amines is 1. The number of hydrogen-bond acceptors (Lipinski definition) is 5. The molecule has 1 aromatic carbocycles. The SMILES string of the molecule is C/C(=N\Nc1nc(C)cc(=O)[nH]1)c1ccc(-c2ccc(F)cc2)s1. The van der Waals surface area contributed by atoms with Crippen LogP contribution < -0.4 is 11.0 Å². The van der Waals surface area contributed by atoms with Crippen molar-refractivity contribution in [1.29, 1.82) is 0 Å². The monoisotopic (exact) mass is 342 g/mol. The molecule has 3 aromatic rings. The smallest absolute Gasteiger partial charge is 0.252 e. The van der Waals surface area contributed by atoms with E-state index in [1.807, 2.05) is 19.1 Å². The molecule has 2 aromatic heterocycles. The van der Waals surface area contributed by atoms with E-state index in [4.69, 9.17) is 0 Å². The Labute approximate surface area is 141 Å². The molecule has 5 nitrogen and oxygen atoms in total. The van der Waals surface area contributed by atoms with E-state index < -0.39 is 0 Å². The number of benzene rings is 1. The minimum Gasteiger partial charge on any atom is -0.291 e. The van der Waals surface area contributed by atoms with Crippen molar-refractivity contribution in [2.75, 3.05) is 5.43 Å². The average Bonchev–Trinajstić information content (AvgIpc) is 3.02. The first-order chi connectivity index (χ1) is 11.5. The van der Waals surface area contributed by atoms with Crippen LogP contribution in [0.2, 0.25) is 0 Å². The van der Waals surface area contributed by atoms with E-state index in [2.05, 4.69) is 20.5 Å². The van der Waals surface area contributed by atoms with Crippen LogP contribution in [0.3, 0.4) is 0 Å². The molecule has 0 fully saturated rings. The summed E-state index contributed by atoms with van der Waals surface area (Å²) in [6.45, 7) is 3.60. The summed E-state index contributed by atoms with van der Waals surface area (Å²) < 4.78 is 13.0. The zero-order valence-electron chi connectivity index (χ0n) is 13.1. The maximum Gasteiger partial charge on any atom is 0.252 e. The second-order valence-electron chi connectivity index (χ2n) is 5.22. The summed E-state index contributed by atoms with van der Waals surface area (Å²) in [5.74, 6) is 0.0479. The normalized spacial score (nSPS) is 11.5. The summed E-state index contributed by atoms with van der Waals surface area (Å²) in [6, 6.07) is 11.7. The molecule has 0 aliphatic carbocycles. The third-order valence-corrected chi connectivity index (χ3v) is 4.53. The third kappa shape index (κ3) is 3.75. The Morgan fingerprint density at radius 3 is 2.71 bits per heavy atom. The van der Waals surface area contributed by atoms with Crippen LogP contribution in [0.4, 0.5) is 10.3 Å². The molecule has 122 valence electrons. The van der Waals surface area contributed by atoms with Gasteiger partial charge in [-0.05, 0) is 43.7 Å². The van der Waals surface area contributed by atoms with Crippen molar-refractivity contribution in [1.82, 2.24) is 9.97 Å². The van der Waals surface area contributed by atoms with Gasteiger partial charge in [0.15, 0.2) is 0 Å². The number of anilines is 1. The van der Waals surface area contributed by atoms with E-state index >= 15 is 0 Å². The van der Waals surface area contributed by atoms with Crippen LogP contribution in [0, 0.1) is 12.7 Å². The van der Waals surface area contributed by atoms with Gasteiger partial charge in [-0.2, -0.15) is 5.10 Å². The van der Waals surface area contributed by atoms with E-state index in [9.17, 15) is 9.18 Å². The van der Waals surface area contributed by atoms with Crippen LogP contribution in [0.25, 0.3) is 10.4 Å². The molecule has 0 saturated heterocycles. The largest absolute Gasteiger partial charge is 0.291 e. The lowest BCUT2D eigenvalue weighted by molar-refractivity contribution is 0.628. The molecule has 2 N–H and O–H groups in total. The second-order valence-corrected chi connectivity index (χ2v) is 6.30. The van der Waals surface area contributed by atoms with Crippen LogP contribution in [-0.4, -0.2) is 15.7 Å². The molecule has 0 radical (unpaired) electrons. The number of H-pyrrole nitrogens is 1. The molecule has 0 bridgehead atoms. The van der Waals surface area contributed by atoms with Crippen molar-refractivity contribution >= 4 is 23.0 Å². The number of thiophene rings is 1. The number of aryl methyl sites for hydroxylation is 1. The van der Waals surface area contributed by atoms with Crippen molar-refractivity contribution in [2.24, 2.45) is 5.10 Å². The van der Waals surface area contributed by atoms with Crippen LogP contribution in [0.15, 0.2) is 52.4 Å². The quantitative estimate of drug-likeness (QED) is 0.560. The number of hydrogen-bond donors (Lipinski definition) is 2. The Hall–Kier alpha value is -2.80. The number of nitrogens with zero attached hydrogens (tertiary/aromatic N) is 2. The van der Waals surface area contributed by atoms with Gasteiger partial charge in [0.25, 0.3) is 5.56 Å². The summed E-state index contributed by atoms with van der Waals surface area (Å²) in [6.07, 6.45) is 0. The van der Waals surface area contributed by atoms with Gasteiger partial charge in [-0.3, -0.25) is 9.78 Å². The van der Waals surface area contributed by atoms with Gasteiger partial charge < -0.3 is 0 Å². The summed E-state index contributed by atoms with van der Waals surface area (Å²) in [4.78, 5) is 20.1. The maximum atomic E-state index is 13.0. The molecule has 0 amide bonds. The van der Waals surface area contributed by atoms with E-state index in [1.54, 1.807) is 30.4 Å². The fourth-order valence-corrected chi connectivity index (χ4v) is 3.08. The number of hydrazone groups is 1.